The van der Waals surface area contributed by atoms with Crippen LogP contribution in [0.25, 0.3) is 0 Å². The lowest BCUT2D eigenvalue weighted by molar-refractivity contribution is -0.136. The third-order valence-corrected chi connectivity index (χ3v) is 2.86. The highest BCUT2D eigenvalue weighted by Gasteiger charge is 2.08. The van der Waals surface area contributed by atoms with Crippen LogP contribution in [-0.2, 0) is 11.4 Å². The van der Waals surface area contributed by atoms with Crippen LogP contribution in [0.2, 0.25) is 0 Å². The van der Waals surface area contributed by atoms with Crippen molar-refractivity contribution in [3.63, 3.8) is 0 Å². The molecular weight excluding hydrogens is 270 g/mol. The fourth-order valence-corrected chi connectivity index (χ4v) is 1.74. The predicted octanol–water partition coefficient (Wildman–Crippen LogP) is 2.71. The Morgan fingerprint density at radius 3 is 2.43 bits per heavy atom. The van der Waals surface area contributed by atoms with Crippen LogP contribution in [0.3, 0.4) is 0 Å². The molecule has 5 nitrogen and oxygen atoms in total. The summed E-state index contributed by atoms with van der Waals surface area (Å²) >= 11 is 0. The van der Waals surface area contributed by atoms with Gasteiger partial charge in [-0.1, -0.05) is 6.07 Å². The third-order valence-electron chi connectivity index (χ3n) is 2.86. The van der Waals surface area contributed by atoms with E-state index >= 15 is 0 Å². The smallest absolute Gasteiger partial charge is 0.303 e. The van der Waals surface area contributed by atoms with Crippen LogP contribution in [0.1, 0.15) is 28.9 Å². The highest BCUT2D eigenvalue weighted by molar-refractivity contribution is 5.97. The number of hydrogen-bond donors (Lipinski definition) is 1. The molecule has 0 aliphatic rings. The van der Waals surface area contributed by atoms with E-state index in [1.165, 1.54) is 0 Å². The van der Waals surface area contributed by atoms with Gasteiger partial charge in [0.05, 0.1) is 12.1 Å². The first kappa shape index (κ1) is 14.7. The quantitative estimate of drug-likeness (QED) is 0.791. The van der Waals surface area contributed by atoms with Crippen molar-refractivity contribution in [2.75, 3.05) is 0 Å². The molecule has 0 bridgehead atoms. The van der Waals surface area contributed by atoms with Gasteiger partial charge < -0.3 is 9.84 Å². The molecule has 0 radical (unpaired) electrons. The van der Waals surface area contributed by atoms with Gasteiger partial charge in [0.25, 0.3) is 0 Å². The molecule has 108 valence electrons. The number of rotatable bonds is 7. The normalized spacial score (nSPS) is 10.1. The van der Waals surface area contributed by atoms with Crippen LogP contribution in [0.15, 0.2) is 48.7 Å². The average molecular weight is 285 g/mol. The molecule has 0 saturated carbocycles. The van der Waals surface area contributed by atoms with E-state index in [2.05, 4.69) is 4.98 Å². The number of carboxylic acid groups (broad SMARTS) is 1. The zero-order valence-electron chi connectivity index (χ0n) is 11.4. The van der Waals surface area contributed by atoms with Crippen molar-refractivity contribution < 1.29 is 19.4 Å². The van der Waals surface area contributed by atoms with Crippen LogP contribution in [0.4, 0.5) is 0 Å². The van der Waals surface area contributed by atoms with E-state index in [4.69, 9.17) is 9.84 Å². The van der Waals surface area contributed by atoms with Crippen molar-refractivity contribution >= 4 is 11.8 Å². The number of carbonyl (C=O) groups excluding carboxylic acids is 1. The fourth-order valence-electron chi connectivity index (χ4n) is 1.74. The molecule has 5 heteroatoms. The zero-order valence-corrected chi connectivity index (χ0v) is 11.4. The number of aromatic nitrogens is 1. The number of carbonyl (C=O) groups is 2. The summed E-state index contributed by atoms with van der Waals surface area (Å²) in [4.78, 5) is 26.3. The SMILES string of the molecule is O=C(O)CCC(=O)c1ccc(OCc2ccccn2)cc1. The molecule has 0 aliphatic carbocycles. The van der Waals surface area contributed by atoms with E-state index in [0.717, 1.165) is 5.69 Å². The van der Waals surface area contributed by atoms with Gasteiger partial charge in [0.1, 0.15) is 12.4 Å². The Kier molecular flexibility index (Phi) is 5.04. The number of pyridine rings is 1. The van der Waals surface area contributed by atoms with Crippen molar-refractivity contribution in [3.05, 3.63) is 59.9 Å². The molecule has 1 N–H and O–H groups in total. The van der Waals surface area contributed by atoms with E-state index in [1.807, 2.05) is 18.2 Å². The first-order chi connectivity index (χ1) is 10.1. The number of hydrogen-bond acceptors (Lipinski definition) is 4. The second-order valence-corrected chi connectivity index (χ2v) is 4.45. The Morgan fingerprint density at radius 1 is 1.05 bits per heavy atom. The third kappa shape index (κ3) is 4.72. The Bertz CT molecular complexity index is 608. The molecule has 0 saturated heterocycles. The molecule has 21 heavy (non-hydrogen) atoms. The highest BCUT2D eigenvalue weighted by Crippen LogP contribution is 2.15. The summed E-state index contributed by atoms with van der Waals surface area (Å²) in [6.45, 7) is 0.354. The van der Waals surface area contributed by atoms with Gasteiger partial charge in [-0.2, -0.15) is 0 Å². The van der Waals surface area contributed by atoms with E-state index in [9.17, 15) is 9.59 Å². The monoisotopic (exact) mass is 285 g/mol. The zero-order chi connectivity index (χ0) is 15.1. The lowest BCUT2D eigenvalue weighted by Crippen LogP contribution is -2.04. The van der Waals surface area contributed by atoms with Crippen molar-refractivity contribution in [2.24, 2.45) is 0 Å². The summed E-state index contributed by atoms with van der Waals surface area (Å²) in [6.07, 6.45) is 1.54. The first-order valence-electron chi connectivity index (χ1n) is 6.53. The Hall–Kier alpha value is -2.69. The molecule has 1 heterocycles. The van der Waals surface area contributed by atoms with Crippen LogP contribution in [-0.4, -0.2) is 21.8 Å². The van der Waals surface area contributed by atoms with Crippen molar-refractivity contribution in [3.8, 4) is 5.75 Å². The molecule has 1 aromatic carbocycles. The van der Waals surface area contributed by atoms with Crippen LogP contribution < -0.4 is 4.74 Å². The fraction of sp³-hybridized carbons (Fsp3) is 0.188. The lowest BCUT2D eigenvalue weighted by Gasteiger charge is -2.06. The van der Waals surface area contributed by atoms with E-state index < -0.39 is 5.97 Å². The van der Waals surface area contributed by atoms with E-state index in [-0.39, 0.29) is 18.6 Å². The average Bonchev–Trinajstić information content (AvgIpc) is 2.52. The summed E-state index contributed by atoms with van der Waals surface area (Å²) in [6, 6.07) is 12.2. The molecular formula is C16H15NO4. The van der Waals surface area contributed by atoms with Gasteiger partial charge in [-0.05, 0) is 36.4 Å². The largest absolute Gasteiger partial charge is 0.487 e. The van der Waals surface area contributed by atoms with Crippen LogP contribution in [0.5, 0.6) is 5.75 Å². The summed E-state index contributed by atoms with van der Waals surface area (Å²) < 4.78 is 5.56. The number of benzene rings is 1. The number of Topliss-reactive ketones (excluding diaryl/α,β-unsaturated/α-hetero) is 1. The lowest BCUT2D eigenvalue weighted by atomic mass is 10.1. The summed E-state index contributed by atoms with van der Waals surface area (Å²) in [5.74, 6) is -0.525. The van der Waals surface area contributed by atoms with Gasteiger partial charge in [-0.25, -0.2) is 0 Å². The van der Waals surface area contributed by atoms with Gasteiger partial charge in [0.15, 0.2) is 5.78 Å². The van der Waals surface area contributed by atoms with Crippen molar-refractivity contribution in [1.82, 2.24) is 4.98 Å². The number of ketones is 1. The van der Waals surface area contributed by atoms with Crippen molar-refractivity contribution in [1.29, 1.82) is 0 Å². The topological polar surface area (TPSA) is 76.5 Å². The number of nitrogens with zero attached hydrogens (tertiary/aromatic N) is 1. The predicted molar refractivity (Wildman–Crippen MR) is 76.2 cm³/mol. The van der Waals surface area contributed by atoms with Gasteiger partial charge in [-0.3, -0.25) is 14.6 Å². The van der Waals surface area contributed by atoms with E-state index in [0.29, 0.717) is 17.9 Å². The molecule has 2 aromatic rings. The highest BCUT2D eigenvalue weighted by atomic mass is 16.5. The summed E-state index contributed by atoms with van der Waals surface area (Å²) in [7, 11) is 0. The molecule has 0 unspecified atom stereocenters. The number of ether oxygens (including phenoxy) is 1. The molecule has 0 fully saturated rings. The molecule has 0 amide bonds. The summed E-state index contributed by atoms with van der Waals surface area (Å²) in [5.41, 5.74) is 1.31. The van der Waals surface area contributed by atoms with Crippen LogP contribution >= 0.6 is 0 Å². The Morgan fingerprint density at radius 2 is 1.81 bits per heavy atom. The minimum atomic E-state index is -0.973. The van der Waals surface area contributed by atoms with Gasteiger partial charge >= 0.3 is 5.97 Å². The number of aliphatic carboxylic acids is 1. The Labute approximate surface area is 122 Å². The van der Waals surface area contributed by atoms with Gasteiger partial charge in [0.2, 0.25) is 0 Å². The molecule has 2 rings (SSSR count). The summed E-state index contributed by atoms with van der Waals surface area (Å²) in [5, 5.41) is 8.55. The van der Waals surface area contributed by atoms with Gasteiger partial charge in [0, 0.05) is 18.2 Å². The minimum absolute atomic E-state index is 0.00344. The van der Waals surface area contributed by atoms with Gasteiger partial charge in [-0.15, -0.1) is 0 Å². The maximum Gasteiger partial charge on any atom is 0.303 e. The second-order valence-electron chi connectivity index (χ2n) is 4.45. The maximum absolute atomic E-state index is 11.7. The minimum Gasteiger partial charge on any atom is -0.487 e. The standard InChI is InChI=1S/C16H15NO4/c18-15(8-9-16(19)20)12-4-6-14(7-5-12)21-11-13-3-1-2-10-17-13/h1-7,10H,8-9,11H2,(H,19,20). The second kappa shape index (κ2) is 7.19. The van der Waals surface area contributed by atoms with E-state index in [1.54, 1.807) is 30.5 Å². The first-order valence-corrected chi connectivity index (χ1v) is 6.53. The molecule has 0 spiro atoms. The van der Waals surface area contributed by atoms with Crippen molar-refractivity contribution in [2.45, 2.75) is 19.4 Å². The maximum atomic E-state index is 11.7. The Balaban J connectivity index is 1.89. The molecule has 0 atom stereocenters. The molecule has 0 aliphatic heterocycles. The number of carboxylic acids is 1. The van der Waals surface area contributed by atoms with Crippen LogP contribution in [0, 0.1) is 0 Å². The molecule has 1 aromatic heterocycles.